The molecule has 3 aliphatic carbocycles. The predicted molar refractivity (Wildman–Crippen MR) is 141 cm³/mol. The molecule has 2 heterocycles. The van der Waals surface area contributed by atoms with E-state index in [9.17, 15) is 22.4 Å². The van der Waals surface area contributed by atoms with E-state index in [4.69, 9.17) is 17.0 Å². The molecular formula is C27H36ClF4N5OS. The Kier molecular flexibility index (Phi) is 8.48. The maximum atomic E-state index is 14.5. The molecule has 3 saturated carbocycles. The second-order valence-corrected chi connectivity index (χ2v) is 13.0. The molecule has 216 valence electrons. The number of nitrogens with one attached hydrogen (secondary N) is 2. The van der Waals surface area contributed by atoms with Gasteiger partial charge in [0.1, 0.15) is 6.17 Å². The Morgan fingerprint density at radius 1 is 1.21 bits per heavy atom. The Morgan fingerprint density at radius 2 is 1.95 bits per heavy atom. The Balaban J connectivity index is 1.38. The molecule has 0 aromatic carbocycles. The number of thiazole rings is 1. The summed E-state index contributed by atoms with van der Waals surface area (Å²) in [4.78, 5) is 14.1. The number of nitrogens with zero attached hydrogens (tertiary/aromatic N) is 3. The van der Waals surface area contributed by atoms with Crippen LogP contribution in [-0.4, -0.2) is 37.8 Å². The second kappa shape index (κ2) is 11.5. The largest absolute Gasteiger partial charge is 0.435 e. The summed E-state index contributed by atoms with van der Waals surface area (Å²) in [7, 11) is 0. The Hall–Kier alpha value is -1.88. The molecule has 0 bridgehead atoms. The molecule has 5 rings (SSSR count). The van der Waals surface area contributed by atoms with Gasteiger partial charge in [-0.25, -0.2) is 4.39 Å². The van der Waals surface area contributed by atoms with Crippen LogP contribution in [-0.2, 0) is 24.1 Å². The van der Waals surface area contributed by atoms with Crippen LogP contribution in [0.2, 0.25) is 0 Å². The van der Waals surface area contributed by atoms with Gasteiger partial charge in [-0.2, -0.15) is 18.3 Å². The summed E-state index contributed by atoms with van der Waals surface area (Å²) in [6.45, 7) is 2.54. The molecule has 2 aromatic heterocycles. The minimum atomic E-state index is -4.59. The molecule has 7 atom stereocenters. The monoisotopic (exact) mass is 589 g/mol. The van der Waals surface area contributed by atoms with E-state index < -0.39 is 35.3 Å². The number of hydrogen-bond acceptors (Lipinski definition) is 4. The fourth-order valence-electron chi connectivity index (χ4n) is 6.69. The summed E-state index contributed by atoms with van der Waals surface area (Å²) in [5, 5.41) is 16.6. The van der Waals surface area contributed by atoms with E-state index in [0.717, 1.165) is 19.3 Å². The van der Waals surface area contributed by atoms with Crippen molar-refractivity contribution in [2.75, 3.05) is 0 Å². The summed E-state index contributed by atoms with van der Waals surface area (Å²) in [6, 6.07) is -0.126. The molecule has 1 amide bonds. The van der Waals surface area contributed by atoms with E-state index in [2.05, 4.69) is 10.4 Å². The number of aryl methyl sites for hydroxylation is 1. The molecule has 2 aromatic rings. The second-order valence-electron chi connectivity index (χ2n) is 11.6. The standard InChI is InChI=1S/C27H36ClF4N5OS/c1-2-37-14-20(24(35-37)27(30,31)32)18-9-15(13-36-7-8-39-26(36)33)10-19(11-18)25(38)34-23(16-3-4-16)17-5-6-21(28)22(29)12-17/h7-8,14-19,21-23,33H,2-6,9-13H2,1H3,(H,34,38)/t15?,17?,18?,19?,21?,22?,23-/m0/s1. The molecule has 0 spiro atoms. The molecule has 6 nitrogen and oxygen atoms in total. The van der Waals surface area contributed by atoms with E-state index in [-0.39, 0.29) is 29.3 Å². The summed E-state index contributed by atoms with van der Waals surface area (Å²) in [5.41, 5.74) is -0.728. The predicted octanol–water partition coefficient (Wildman–Crippen LogP) is 6.10. The molecule has 0 aliphatic heterocycles. The minimum Gasteiger partial charge on any atom is -0.353 e. The lowest BCUT2D eigenvalue weighted by Crippen LogP contribution is -2.48. The molecule has 3 fully saturated rings. The van der Waals surface area contributed by atoms with Crippen LogP contribution >= 0.6 is 22.9 Å². The number of aromatic nitrogens is 3. The fourth-order valence-corrected chi connectivity index (χ4v) is 7.53. The molecule has 12 heteroatoms. The lowest BCUT2D eigenvalue weighted by atomic mass is 9.72. The van der Waals surface area contributed by atoms with Gasteiger partial charge in [0.05, 0.1) is 5.38 Å². The Bertz CT molecular complexity index is 1210. The number of carbonyl (C=O) groups excluding carboxylic acids is 1. The van der Waals surface area contributed by atoms with Crippen molar-refractivity contribution in [1.82, 2.24) is 19.7 Å². The van der Waals surface area contributed by atoms with E-state index in [1.54, 1.807) is 11.5 Å². The van der Waals surface area contributed by atoms with Crippen molar-refractivity contribution >= 4 is 28.8 Å². The number of hydrogen-bond donors (Lipinski definition) is 2. The first kappa shape index (κ1) is 28.6. The summed E-state index contributed by atoms with van der Waals surface area (Å²) < 4.78 is 59.5. The molecule has 39 heavy (non-hydrogen) atoms. The van der Waals surface area contributed by atoms with Crippen molar-refractivity contribution in [3.8, 4) is 0 Å². The van der Waals surface area contributed by atoms with E-state index in [1.165, 1.54) is 22.2 Å². The highest BCUT2D eigenvalue weighted by molar-refractivity contribution is 7.06. The lowest BCUT2D eigenvalue weighted by molar-refractivity contribution is -0.142. The van der Waals surface area contributed by atoms with E-state index >= 15 is 0 Å². The first-order valence-electron chi connectivity index (χ1n) is 13.9. The molecule has 3 aliphatic rings. The van der Waals surface area contributed by atoms with Gasteiger partial charge in [-0.1, -0.05) is 0 Å². The van der Waals surface area contributed by atoms with Crippen molar-refractivity contribution in [3.05, 3.63) is 33.8 Å². The highest BCUT2D eigenvalue weighted by atomic mass is 35.5. The van der Waals surface area contributed by atoms with Crippen LogP contribution in [0.5, 0.6) is 0 Å². The zero-order valence-corrected chi connectivity index (χ0v) is 23.5. The van der Waals surface area contributed by atoms with E-state index in [1.807, 2.05) is 11.6 Å². The molecule has 0 radical (unpaired) electrons. The molecule has 2 N–H and O–H groups in total. The maximum absolute atomic E-state index is 14.5. The van der Waals surface area contributed by atoms with Crippen molar-refractivity contribution in [2.45, 2.75) is 101 Å². The number of alkyl halides is 5. The van der Waals surface area contributed by atoms with E-state index in [0.29, 0.717) is 55.9 Å². The van der Waals surface area contributed by atoms with Gasteiger partial charge in [0, 0.05) is 48.4 Å². The van der Waals surface area contributed by atoms with Gasteiger partial charge in [-0.05, 0) is 82.0 Å². The van der Waals surface area contributed by atoms with Crippen LogP contribution in [0.3, 0.4) is 0 Å². The first-order valence-corrected chi connectivity index (χ1v) is 15.3. The van der Waals surface area contributed by atoms with Gasteiger partial charge >= 0.3 is 6.18 Å². The average Bonchev–Trinajstić information content (AvgIpc) is 3.50. The number of carbonyl (C=O) groups is 1. The topological polar surface area (TPSA) is 75.7 Å². The minimum absolute atomic E-state index is 0.0217. The Labute approximate surface area is 234 Å². The number of rotatable bonds is 8. The molecule has 6 unspecified atom stereocenters. The summed E-state index contributed by atoms with van der Waals surface area (Å²) in [6.07, 6.45) is 2.60. The summed E-state index contributed by atoms with van der Waals surface area (Å²) >= 11 is 7.40. The SMILES string of the molecule is CCn1cc(C2CC(Cn3ccsc3=N)CC(C(=O)N[C@@H](C3CC3)C3CCC(Cl)C(F)C3)C2)c(C(F)(F)F)n1. The number of amides is 1. The first-order chi connectivity index (χ1) is 18.5. The lowest BCUT2D eigenvalue weighted by Gasteiger charge is -2.38. The van der Waals surface area contributed by atoms with Crippen molar-refractivity contribution < 1.29 is 22.4 Å². The summed E-state index contributed by atoms with van der Waals surface area (Å²) in [5.74, 6) is -0.835. The van der Waals surface area contributed by atoms with Gasteiger partial charge in [0.2, 0.25) is 5.91 Å². The van der Waals surface area contributed by atoms with Gasteiger partial charge in [-0.15, -0.1) is 22.9 Å². The van der Waals surface area contributed by atoms with Gasteiger partial charge < -0.3 is 9.88 Å². The zero-order valence-electron chi connectivity index (χ0n) is 22.0. The van der Waals surface area contributed by atoms with Crippen LogP contribution in [0, 0.1) is 29.1 Å². The third kappa shape index (κ3) is 6.55. The molecule has 0 saturated heterocycles. The third-order valence-corrected chi connectivity index (χ3v) is 10.0. The van der Waals surface area contributed by atoms with Crippen molar-refractivity contribution in [2.24, 2.45) is 23.7 Å². The number of halogens is 5. The maximum Gasteiger partial charge on any atom is 0.435 e. The van der Waals surface area contributed by atoms with Crippen LogP contribution in [0.15, 0.2) is 17.8 Å². The fraction of sp³-hybridized carbons (Fsp3) is 0.741. The van der Waals surface area contributed by atoms with Crippen LogP contribution in [0.4, 0.5) is 17.6 Å². The van der Waals surface area contributed by atoms with Crippen LogP contribution < -0.4 is 10.1 Å². The zero-order chi connectivity index (χ0) is 27.9. The van der Waals surface area contributed by atoms with Gasteiger partial charge in [0.15, 0.2) is 10.5 Å². The normalized spacial score (nSPS) is 30.7. The van der Waals surface area contributed by atoms with Crippen LogP contribution in [0.25, 0.3) is 0 Å². The third-order valence-electron chi connectivity index (χ3n) is 8.81. The average molecular weight is 590 g/mol. The molecular weight excluding hydrogens is 554 g/mol. The quantitative estimate of drug-likeness (QED) is 0.288. The van der Waals surface area contributed by atoms with Crippen molar-refractivity contribution in [1.29, 1.82) is 5.41 Å². The van der Waals surface area contributed by atoms with Gasteiger partial charge in [-0.3, -0.25) is 14.9 Å². The van der Waals surface area contributed by atoms with Crippen molar-refractivity contribution in [3.63, 3.8) is 0 Å². The highest BCUT2D eigenvalue weighted by Crippen LogP contribution is 2.46. The highest BCUT2D eigenvalue weighted by Gasteiger charge is 2.45. The smallest absolute Gasteiger partial charge is 0.353 e. The van der Waals surface area contributed by atoms with Crippen LogP contribution in [0.1, 0.15) is 75.5 Å². The van der Waals surface area contributed by atoms with Gasteiger partial charge in [0.25, 0.3) is 0 Å². The Morgan fingerprint density at radius 3 is 2.56 bits per heavy atom.